The van der Waals surface area contributed by atoms with Crippen molar-refractivity contribution in [2.75, 3.05) is 11.1 Å². The highest BCUT2D eigenvalue weighted by molar-refractivity contribution is 6.30. The molecule has 0 saturated carbocycles. The minimum atomic E-state index is -0.660. The molecule has 0 saturated heterocycles. The van der Waals surface area contributed by atoms with Gasteiger partial charge in [-0.2, -0.15) is 0 Å². The number of nitrogen functional groups attached to an aromatic ring is 1. The van der Waals surface area contributed by atoms with E-state index in [0.717, 1.165) is 18.2 Å². The molecule has 0 aliphatic heterocycles. The monoisotopic (exact) mass is 282 g/mol. The van der Waals surface area contributed by atoms with E-state index in [1.165, 1.54) is 18.2 Å². The number of hydrogen-bond donors (Lipinski definition) is 2. The molecule has 0 aromatic heterocycles. The molecule has 98 valence electrons. The van der Waals surface area contributed by atoms with Crippen molar-refractivity contribution in [2.45, 2.75) is 0 Å². The van der Waals surface area contributed by atoms with Crippen molar-refractivity contribution in [2.24, 2.45) is 0 Å². The van der Waals surface area contributed by atoms with Crippen molar-refractivity contribution in [1.82, 2.24) is 0 Å². The van der Waals surface area contributed by atoms with Gasteiger partial charge in [-0.1, -0.05) is 11.6 Å². The van der Waals surface area contributed by atoms with Crippen LogP contribution < -0.4 is 11.1 Å². The number of nitrogens with one attached hydrogen (secondary N) is 1. The van der Waals surface area contributed by atoms with Gasteiger partial charge < -0.3 is 11.1 Å². The lowest BCUT2D eigenvalue weighted by atomic mass is 10.1. The van der Waals surface area contributed by atoms with E-state index in [4.69, 9.17) is 17.3 Å². The molecule has 2 aromatic rings. The van der Waals surface area contributed by atoms with Crippen LogP contribution in [-0.2, 0) is 0 Å². The highest BCUT2D eigenvalue weighted by atomic mass is 35.5. The maximum Gasteiger partial charge on any atom is 0.257 e. The summed E-state index contributed by atoms with van der Waals surface area (Å²) in [5.41, 5.74) is 5.89. The summed E-state index contributed by atoms with van der Waals surface area (Å²) in [5.74, 6) is -1.87. The van der Waals surface area contributed by atoms with Gasteiger partial charge in [0.15, 0.2) is 0 Å². The summed E-state index contributed by atoms with van der Waals surface area (Å²) in [7, 11) is 0. The van der Waals surface area contributed by atoms with Crippen molar-refractivity contribution < 1.29 is 13.6 Å². The van der Waals surface area contributed by atoms with Gasteiger partial charge in [-0.05, 0) is 36.4 Å². The average molecular weight is 283 g/mol. The fourth-order valence-corrected chi connectivity index (χ4v) is 1.62. The van der Waals surface area contributed by atoms with Gasteiger partial charge >= 0.3 is 0 Å². The summed E-state index contributed by atoms with van der Waals surface area (Å²) in [6.07, 6.45) is 0. The van der Waals surface area contributed by atoms with E-state index in [1.807, 2.05) is 0 Å². The number of carbonyl (C=O) groups excluding carboxylic acids is 1. The Bertz CT molecular complexity index is 647. The van der Waals surface area contributed by atoms with Crippen molar-refractivity contribution >= 4 is 28.9 Å². The predicted octanol–water partition coefficient (Wildman–Crippen LogP) is 3.45. The first-order chi connectivity index (χ1) is 8.97. The Morgan fingerprint density at radius 3 is 2.58 bits per heavy atom. The Morgan fingerprint density at radius 2 is 1.89 bits per heavy atom. The molecule has 0 heterocycles. The highest BCUT2D eigenvalue weighted by Crippen LogP contribution is 2.20. The molecular weight excluding hydrogens is 274 g/mol. The van der Waals surface area contributed by atoms with Crippen LogP contribution >= 0.6 is 11.6 Å². The largest absolute Gasteiger partial charge is 0.398 e. The number of benzene rings is 2. The van der Waals surface area contributed by atoms with Crippen molar-refractivity contribution in [1.29, 1.82) is 0 Å². The Morgan fingerprint density at radius 1 is 1.16 bits per heavy atom. The third-order valence-corrected chi connectivity index (χ3v) is 2.74. The molecule has 0 radical (unpaired) electrons. The van der Waals surface area contributed by atoms with E-state index in [-0.39, 0.29) is 22.0 Å². The van der Waals surface area contributed by atoms with Crippen molar-refractivity contribution in [3.8, 4) is 0 Å². The van der Waals surface area contributed by atoms with Gasteiger partial charge in [0.2, 0.25) is 0 Å². The smallest absolute Gasteiger partial charge is 0.257 e. The molecule has 0 bridgehead atoms. The minimum Gasteiger partial charge on any atom is -0.398 e. The molecule has 0 atom stereocenters. The summed E-state index contributed by atoms with van der Waals surface area (Å²) in [6.45, 7) is 0. The maximum absolute atomic E-state index is 13.2. The molecule has 1 amide bonds. The normalized spacial score (nSPS) is 10.3. The van der Waals surface area contributed by atoms with Crippen LogP contribution in [0.25, 0.3) is 0 Å². The summed E-state index contributed by atoms with van der Waals surface area (Å²) >= 11 is 5.52. The van der Waals surface area contributed by atoms with Crippen LogP contribution in [0.3, 0.4) is 0 Å². The summed E-state index contributed by atoms with van der Waals surface area (Å²) < 4.78 is 26.3. The molecule has 0 fully saturated rings. The molecule has 0 spiro atoms. The SMILES string of the molecule is Nc1ccc(F)cc1C(=O)Nc1ccc(Cl)c(F)c1. The zero-order chi connectivity index (χ0) is 14.0. The molecule has 0 unspecified atom stereocenters. The van der Waals surface area contributed by atoms with E-state index in [1.54, 1.807) is 0 Å². The van der Waals surface area contributed by atoms with E-state index < -0.39 is 17.5 Å². The van der Waals surface area contributed by atoms with Gasteiger partial charge in [0.25, 0.3) is 5.91 Å². The number of hydrogen-bond acceptors (Lipinski definition) is 2. The number of carbonyl (C=O) groups is 1. The molecule has 2 rings (SSSR count). The highest BCUT2D eigenvalue weighted by Gasteiger charge is 2.12. The van der Waals surface area contributed by atoms with Crippen LogP contribution in [0, 0.1) is 11.6 Å². The molecule has 3 nitrogen and oxygen atoms in total. The lowest BCUT2D eigenvalue weighted by Crippen LogP contribution is -2.14. The summed E-state index contributed by atoms with van der Waals surface area (Å²) in [6, 6.07) is 7.24. The number of rotatable bonds is 2. The second-order valence-electron chi connectivity index (χ2n) is 3.81. The van der Waals surface area contributed by atoms with E-state index in [2.05, 4.69) is 5.32 Å². The first kappa shape index (κ1) is 13.3. The second-order valence-corrected chi connectivity index (χ2v) is 4.22. The van der Waals surface area contributed by atoms with Gasteiger partial charge in [-0.25, -0.2) is 8.78 Å². The lowest BCUT2D eigenvalue weighted by molar-refractivity contribution is 0.102. The summed E-state index contributed by atoms with van der Waals surface area (Å²) in [4.78, 5) is 11.9. The number of anilines is 2. The zero-order valence-electron chi connectivity index (χ0n) is 9.58. The van der Waals surface area contributed by atoms with Crippen LogP contribution in [0.15, 0.2) is 36.4 Å². The molecular formula is C13H9ClF2N2O. The number of nitrogens with two attached hydrogens (primary N) is 1. The standard InChI is InChI=1S/C13H9ClF2N2O/c14-10-3-2-8(6-11(10)16)18-13(19)9-5-7(15)1-4-12(9)17/h1-6H,17H2,(H,18,19). The Hall–Kier alpha value is -2.14. The quantitative estimate of drug-likeness (QED) is 0.829. The van der Waals surface area contributed by atoms with Gasteiger partial charge in [0, 0.05) is 11.4 Å². The van der Waals surface area contributed by atoms with E-state index >= 15 is 0 Å². The second kappa shape index (κ2) is 5.24. The van der Waals surface area contributed by atoms with Gasteiger partial charge in [0.05, 0.1) is 10.6 Å². The topological polar surface area (TPSA) is 55.1 Å². The zero-order valence-corrected chi connectivity index (χ0v) is 10.3. The van der Waals surface area contributed by atoms with Crippen LogP contribution in [0.4, 0.5) is 20.2 Å². The van der Waals surface area contributed by atoms with Crippen LogP contribution in [-0.4, -0.2) is 5.91 Å². The minimum absolute atomic E-state index is 0.0182. The predicted molar refractivity (Wildman–Crippen MR) is 70.2 cm³/mol. The fourth-order valence-electron chi connectivity index (χ4n) is 1.50. The van der Waals surface area contributed by atoms with Crippen LogP contribution in [0.5, 0.6) is 0 Å². The van der Waals surface area contributed by atoms with Crippen molar-refractivity contribution in [3.05, 3.63) is 58.6 Å². The van der Waals surface area contributed by atoms with Gasteiger partial charge in [-0.3, -0.25) is 4.79 Å². The molecule has 3 N–H and O–H groups in total. The van der Waals surface area contributed by atoms with Gasteiger partial charge in [-0.15, -0.1) is 0 Å². The third-order valence-electron chi connectivity index (χ3n) is 2.44. The first-order valence-corrected chi connectivity index (χ1v) is 5.66. The van der Waals surface area contributed by atoms with Gasteiger partial charge in [0.1, 0.15) is 11.6 Å². The van der Waals surface area contributed by atoms with E-state index in [0.29, 0.717) is 0 Å². The molecule has 6 heteroatoms. The van der Waals surface area contributed by atoms with Crippen LogP contribution in [0.1, 0.15) is 10.4 Å². The lowest BCUT2D eigenvalue weighted by Gasteiger charge is -2.08. The maximum atomic E-state index is 13.2. The molecule has 0 aliphatic rings. The number of halogens is 3. The molecule has 0 aliphatic carbocycles. The Kier molecular flexibility index (Phi) is 3.66. The molecule has 19 heavy (non-hydrogen) atoms. The van der Waals surface area contributed by atoms with Crippen LogP contribution in [0.2, 0.25) is 5.02 Å². The average Bonchev–Trinajstić information content (AvgIpc) is 2.36. The number of amides is 1. The van der Waals surface area contributed by atoms with E-state index in [9.17, 15) is 13.6 Å². The third kappa shape index (κ3) is 3.00. The fraction of sp³-hybridized carbons (Fsp3) is 0. The van der Waals surface area contributed by atoms with Crippen molar-refractivity contribution in [3.63, 3.8) is 0 Å². The Labute approximate surface area is 113 Å². The Balaban J connectivity index is 2.25. The molecule has 2 aromatic carbocycles. The first-order valence-electron chi connectivity index (χ1n) is 5.29. The summed E-state index contributed by atoms with van der Waals surface area (Å²) in [5, 5.41) is 2.36.